The van der Waals surface area contributed by atoms with Crippen LogP contribution >= 0.6 is 0 Å². The van der Waals surface area contributed by atoms with Gasteiger partial charge in [0.25, 0.3) is 5.91 Å². The van der Waals surface area contributed by atoms with Crippen LogP contribution in [0.4, 0.5) is 0 Å². The molecular weight excluding hydrogens is 328 g/mol. The van der Waals surface area contributed by atoms with Gasteiger partial charge in [-0.15, -0.1) is 0 Å². The van der Waals surface area contributed by atoms with E-state index in [1.165, 1.54) is 5.56 Å². The number of carbonyl (C=O) groups is 1. The van der Waals surface area contributed by atoms with Crippen molar-refractivity contribution in [3.63, 3.8) is 0 Å². The zero-order chi connectivity index (χ0) is 18.4. The van der Waals surface area contributed by atoms with E-state index in [4.69, 9.17) is 0 Å². The van der Waals surface area contributed by atoms with Gasteiger partial charge in [0.1, 0.15) is 0 Å². The van der Waals surface area contributed by atoms with Gasteiger partial charge < -0.3 is 20.4 Å². The molecule has 0 bridgehead atoms. The van der Waals surface area contributed by atoms with Crippen LogP contribution in [-0.4, -0.2) is 58.4 Å². The molecule has 144 valence electrons. The van der Waals surface area contributed by atoms with E-state index in [1.807, 2.05) is 23.1 Å². The lowest BCUT2D eigenvalue weighted by molar-refractivity contribution is -0.156. The van der Waals surface area contributed by atoms with Crippen molar-refractivity contribution in [3.05, 3.63) is 35.9 Å². The van der Waals surface area contributed by atoms with E-state index in [2.05, 4.69) is 17.4 Å². The number of nitrogens with zero attached hydrogens (tertiary/aromatic N) is 1. The Kier molecular flexibility index (Phi) is 6.68. The third-order valence-electron chi connectivity index (χ3n) is 5.82. The van der Waals surface area contributed by atoms with E-state index in [-0.39, 0.29) is 12.0 Å². The molecule has 5 nitrogen and oxygen atoms in total. The van der Waals surface area contributed by atoms with Crippen molar-refractivity contribution in [2.24, 2.45) is 0 Å². The molecule has 1 saturated heterocycles. The van der Waals surface area contributed by atoms with Crippen LogP contribution in [0.3, 0.4) is 0 Å². The van der Waals surface area contributed by atoms with Gasteiger partial charge >= 0.3 is 0 Å². The molecule has 1 aliphatic carbocycles. The van der Waals surface area contributed by atoms with Gasteiger partial charge in [0.05, 0.1) is 6.10 Å². The molecule has 1 aromatic carbocycles. The van der Waals surface area contributed by atoms with Gasteiger partial charge in [-0.2, -0.15) is 0 Å². The fourth-order valence-electron chi connectivity index (χ4n) is 4.15. The molecule has 1 saturated carbocycles. The van der Waals surface area contributed by atoms with Crippen LogP contribution in [0.15, 0.2) is 30.3 Å². The number of hydrogen-bond donors (Lipinski definition) is 3. The normalized spacial score (nSPS) is 29.8. The quantitative estimate of drug-likeness (QED) is 0.694. The van der Waals surface area contributed by atoms with E-state index in [1.54, 1.807) is 0 Å². The average Bonchev–Trinajstić information content (AvgIpc) is 2.66. The summed E-state index contributed by atoms with van der Waals surface area (Å²) in [7, 11) is 0. The summed E-state index contributed by atoms with van der Waals surface area (Å²) in [6.07, 6.45) is 6.48. The number of aliphatic hydroxyl groups is 2. The van der Waals surface area contributed by atoms with Gasteiger partial charge in [-0.25, -0.2) is 0 Å². The number of benzene rings is 1. The highest BCUT2D eigenvalue weighted by molar-refractivity contribution is 5.86. The molecule has 1 amide bonds. The zero-order valence-electron chi connectivity index (χ0n) is 15.6. The molecule has 1 aromatic rings. The minimum Gasteiger partial charge on any atom is -0.393 e. The second kappa shape index (κ2) is 8.98. The van der Waals surface area contributed by atoms with Gasteiger partial charge in [-0.05, 0) is 56.9 Å². The lowest BCUT2D eigenvalue weighted by atomic mass is 9.89. The third kappa shape index (κ3) is 5.06. The van der Waals surface area contributed by atoms with Crippen LogP contribution < -0.4 is 5.32 Å². The Morgan fingerprint density at radius 2 is 1.88 bits per heavy atom. The van der Waals surface area contributed by atoms with Crippen LogP contribution in [0.1, 0.15) is 50.5 Å². The largest absolute Gasteiger partial charge is 0.393 e. The van der Waals surface area contributed by atoms with Crippen molar-refractivity contribution in [3.8, 4) is 0 Å². The van der Waals surface area contributed by atoms with Gasteiger partial charge in [-0.1, -0.05) is 30.3 Å². The summed E-state index contributed by atoms with van der Waals surface area (Å²) in [5, 5.41) is 23.9. The lowest BCUT2D eigenvalue weighted by Gasteiger charge is -2.39. The van der Waals surface area contributed by atoms with Crippen LogP contribution in [0.2, 0.25) is 0 Å². The number of piperidine rings is 1. The van der Waals surface area contributed by atoms with Crippen molar-refractivity contribution in [2.75, 3.05) is 19.6 Å². The fourth-order valence-corrected chi connectivity index (χ4v) is 4.15. The first-order chi connectivity index (χ1) is 12.6. The fraction of sp³-hybridized carbons (Fsp3) is 0.667. The number of amides is 1. The number of rotatable bonds is 7. The topological polar surface area (TPSA) is 72.8 Å². The van der Waals surface area contributed by atoms with Crippen molar-refractivity contribution in [1.82, 2.24) is 10.2 Å². The highest BCUT2D eigenvalue weighted by atomic mass is 16.3. The summed E-state index contributed by atoms with van der Waals surface area (Å²) in [6.45, 7) is 1.76. The molecule has 26 heavy (non-hydrogen) atoms. The first-order valence-electron chi connectivity index (χ1n) is 10.0. The highest BCUT2D eigenvalue weighted by Gasteiger charge is 2.42. The molecular formula is C21H32N2O3. The Bertz CT molecular complexity index is 572. The van der Waals surface area contributed by atoms with Gasteiger partial charge in [0, 0.05) is 25.7 Å². The van der Waals surface area contributed by atoms with Crippen molar-refractivity contribution < 1.29 is 15.0 Å². The molecule has 2 fully saturated rings. The van der Waals surface area contributed by atoms with E-state index in [0.717, 1.165) is 51.5 Å². The number of hydrogen-bond acceptors (Lipinski definition) is 4. The second-order valence-electron chi connectivity index (χ2n) is 7.90. The van der Waals surface area contributed by atoms with Crippen LogP contribution in [0.25, 0.3) is 0 Å². The lowest BCUT2D eigenvalue weighted by Crippen LogP contribution is -2.59. The maximum absolute atomic E-state index is 12.8. The summed E-state index contributed by atoms with van der Waals surface area (Å²) in [4.78, 5) is 14.6. The summed E-state index contributed by atoms with van der Waals surface area (Å²) in [6, 6.07) is 10.6. The van der Waals surface area contributed by atoms with E-state index < -0.39 is 5.60 Å². The summed E-state index contributed by atoms with van der Waals surface area (Å²) >= 11 is 0. The Morgan fingerprint density at radius 1 is 1.15 bits per heavy atom. The van der Waals surface area contributed by atoms with Gasteiger partial charge in [0.15, 0.2) is 5.60 Å². The molecule has 1 heterocycles. The van der Waals surface area contributed by atoms with Crippen LogP contribution in [0.5, 0.6) is 0 Å². The predicted octanol–water partition coefficient (Wildman–Crippen LogP) is 1.87. The van der Waals surface area contributed by atoms with Crippen molar-refractivity contribution in [1.29, 1.82) is 0 Å². The minimum atomic E-state index is -1.28. The van der Waals surface area contributed by atoms with E-state index in [9.17, 15) is 15.0 Å². The van der Waals surface area contributed by atoms with Gasteiger partial charge in [-0.3, -0.25) is 4.79 Å². The predicted molar refractivity (Wildman–Crippen MR) is 102 cm³/mol. The van der Waals surface area contributed by atoms with E-state index >= 15 is 0 Å². The van der Waals surface area contributed by atoms with E-state index in [0.29, 0.717) is 25.6 Å². The molecule has 0 radical (unpaired) electrons. The highest BCUT2D eigenvalue weighted by Crippen LogP contribution is 2.24. The molecule has 1 atom stereocenters. The first-order valence-corrected chi connectivity index (χ1v) is 10.0. The SMILES string of the molecule is O=C1N(CCCc2ccccc2)CCC[C@@]1(O)CNC1CCC(O)CC1. The molecule has 0 spiro atoms. The summed E-state index contributed by atoms with van der Waals surface area (Å²) < 4.78 is 0. The van der Waals surface area contributed by atoms with Gasteiger partial charge in [0.2, 0.25) is 0 Å². The Morgan fingerprint density at radius 3 is 2.62 bits per heavy atom. The number of aryl methyl sites for hydroxylation is 1. The molecule has 5 heteroatoms. The van der Waals surface area contributed by atoms with Crippen molar-refractivity contribution >= 4 is 5.91 Å². The van der Waals surface area contributed by atoms with Crippen LogP contribution in [0, 0.1) is 0 Å². The second-order valence-corrected chi connectivity index (χ2v) is 7.90. The smallest absolute Gasteiger partial charge is 0.255 e. The monoisotopic (exact) mass is 360 g/mol. The van der Waals surface area contributed by atoms with Crippen molar-refractivity contribution in [2.45, 2.75) is 69.1 Å². The zero-order valence-corrected chi connectivity index (χ0v) is 15.6. The molecule has 0 aromatic heterocycles. The molecule has 0 unspecified atom stereocenters. The molecule has 3 rings (SSSR count). The Hall–Kier alpha value is -1.43. The summed E-state index contributed by atoms with van der Waals surface area (Å²) in [5.74, 6) is -0.125. The summed E-state index contributed by atoms with van der Waals surface area (Å²) in [5.41, 5.74) is 0.00880. The Labute approximate surface area is 156 Å². The third-order valence-corrected chi connectivity index (χ3v) is 5.82. The maximum atomic E-state index is 12.8. The standard InChI is InChI=1S/C21H32N2O3/c24-19-11-9-18(10-12-19)22-16-21(26)13-5-15-23(20(21)25)14-4-8-17-6-2-1-3-7-17/h1-3,6-7,18-19,22,24,26H,4-5,8-16H2/t18?,19?,21-/m1/s1. The Balaban J connectivity index is 1.46. The minimum absolute atomic E-state index is 0.125. The molecule has 2 aliphatic rings. The maximum Gasteiger partial charge on any atom is 0.255 e. The molecule has 3 N–H and O–H groups in total. The average molecular weight is 360 g/mol. The number of nitrogens with one attached hydrogen (secondary N) is 1. The number of aliphatic hydroxyl groups excluding tert-OH is 1. The molecule has 1 aliphatic heterocycles. The first kappa shape index (κ1) is 19.3. The number of carbonyl (C=O) groups excluding carboxylic acids is 1. The van der Waals surface area contributed by atoms with Crippen LogP contribution in [-0.2, 0) is 11.2 Å². The number of likely N-dealkylation sites (tertiary alicyclic amines) is 1.